The van der Waals surface area contributed by atoms with Crippen LogP contribution in [-0.4, -0.2) is 34.2 Å². The Morgan fingerprint density at radius 2 is 2.54 bits per heavy atom. The number of imidazole rings is 1. The number of rotatable bonds is 2. The van der Waals surface area contributed by atoms with Gasteiger partial charge in [0.25, 0.3) is 0 Å². The highest BCUT2D eigenvalue weighted by molar-refractivity contribution is 6.21. The standard InChI is InChI=1S/C8H12ClN3O/c1-12-3-2-10-8(12)11-7-5-13-4-6(7)9/h2-3,6-7H,4-5H2,1H3,(H,10,11). The minimum atomic E-state index is 0.0386. The average Bonchev–Trinajstić information content (AvgIpc) is 2.65. The summed E-state index contributed by atoms with van der Waals surface area (Å²) in [6.45, 7) is 1.27. The summed E-state index contributed by atoms with van der Waals surface area (Å²) in [7, 11) is 1.94. The van der Waals surface area contributed by atoms with E-state index in [1.54, 1.807) is 6.20 Å². The van der Waals surface area contributed by atoms with Crippen LogP contribution in [0.4, 0.5) is 5.95 Å². The molecule has 5 heteroatoms. The maximum Gasteiger partial charge on any atom is 0.202 e. The Morgan fingerprint density at radius 1 is 1.69 bits per heavy atom. The number of alkyl halides is 1. The first kappa shape index (κ1) is 8.84. The quantitative estimate of drug-likeness (QED) is 0.721. The van der Waals surface area contributed by atoms with Crippen LogP contribution < -0.4 is 5.32 Å². The largest absolute Gasteiger partial charge is 0.378 e. The van der Waals surface area contributed by atoms with Crippen molar-refractivity contribution in [1.82, 2.24) is 9.55 Å². The number of anilines is 1. The lowest BCUT2D eigenvalue weighted by molar-refractivity contribution is 0.196. The third-order valence-corrected chi connectivity index (χ3v) is 2.58. The Kier molecular flexibility index (Phi) is 2.42. The predicted octanol–water partition coefficient (Wildman–Crippen LogP) is 0.838. The number of halogens is 1. The minimum Gasteiger partial charge on any atom is -0.378 e. The maximum absolute atomic E-state index is 6.02. The summed E-state index contributed by atoms with van der Waals surface area (Å²) >= 11 is 6.02. The first-order valence-corrected chi connectivity index (χ1v) is 4.66. The molecule has 0 amide bonds. The van der Waals surface area contributed by atoms with Crippen LogP contribution in [0.3, 0.4) is 0 Å². The third kappa shape index (κ3) is 1.78. The molecule has 0 aliphatic carbocycles. The summed E-state index contributed by atoms with van der Waals surface area (Å²) < 4.78 is 7.15. The Morgan fingerprint density at radius 3 is 3.08 bits per heavy atom. The van der Waals surface area contributed by atoms with E-state index in [9.17, 15) is 0 Å². The Balaban J connectivity index is 2.01. The van der Waals surface area contributed by atoms with E-state index in [-0.39, 0.29) is 11.4 Å². The number of nitrogens with zero attached hydrogens (tertiary/aromatic N) is 2. The van der Waals surface area contributed by atoms with Gasteiger partial charge in [-0.2, -0.15) is 0 Å². The van der Waals surface area contributed by atoms with Gasteiger partial charge in [0.05, 0.1) is 24.6 Å². The molecule has 2 rings (SSSR count). The molecule has 13 heavy (non-hydrogen) atoms. The average molecular weight is 202 g/mol. The Bertz CT molecular complexity index is 289. The highest BCUT2D eigenvalue weighted by Gasteiger charge is 2.26. The third-order valence-electron chi connectivity index (χ3n) is 2.15. The van der Waals surface area contributed by atoms with Crippen LogP contribution in [0, 0.1) is 0 Å². The molecule has 1 aromatic heterocycles. The van der Waals surface area contributed by atoms with Crippen molar-refractivity contribution in [2.45, 2.75) is 11.4 Å². The second-order valence-corrected chi connectivity index (χ2v) is 3.73. The van der Waals surface area contributed by atoms with Crippen molar-refractivity contribution in [2.75, 3.05) is 18.5 Å². The molecule has 2 heterocycles. The highest BCUT2D eigenvalue weighted by Crippen LogP contribution is 2.16. The fourth-order valence-electron chi connectivity index (χ4n) is 1.33. The van der Waals surface area contributed by atoms with Crippen LogP contribution in [0.1, 0.15) is 0 Å². The van der Waals surface area contributed by atoms with Crippen molar-refractivity contribution in [3.63, 3.8) is 0 Å². The van der Waals surface area contributed by atoms with Crippen LogP contribution >= 0.6 is 11.6 Å². The second-order valence-electron chi connectivity index (χ2n) is 3.17. The molecule has 1 N–H and O–H groups in total. The SMILES string of the molecule is Cn1ccnc1NC1COCC1Cl. The number of nitrogens with one attached hydrogen (secondary N) is 1. The zero-order valence-electron chi connectivity index (χ0n) is 7.40. The van der Waals surface area contributed by atoms with Crippen molar-refractivity contribution in [3.05, 3.63) is 12.4 Å². The van der Waals surface area contributed by atoms with Gasteiger partial charge >= 0.3 is 0 Å². The molecule has 72 valence electrons. The molecule has 2 atom stereocenters. The molecule has 1 aliphatic rings. The fourth-order valence-corrected chi connectivity index (χ4v) is 1.56. The number of hydrogen-bond donors (Lipinski definition) is 1. The summed E-state index contributed by atoms with van der Waals surface area (Å²) in [4.78, 5) is 4.15. The van der Waals surface area contributed by atoms with Crippen LogP contribution in [-0.2, 0) is 11.8 Å². The number of hydrogen-bond acceptors (Lipinski definition) is 3. The van der Waals surface area contributed by atoms with Crippen LogP contribution in [0.15, 0.2) is 12.4 Å². The second kappa shape index (κ2) is 3.55. The number of aromatic nitrogens is 2. The summed E-state index contributed by atoms with van der Waals surface area (Å²) in [6.07, 6.45) is 3.64. The molecular formula is C8H12ClN3O. The van der Waals surface area contributed by atoms with E-state index in [1.165, 1.54) is 0 Å². The van der Waals surface area contributed by atoms with Crippen LogP contribution in [0.2, 0.25) is 0 Å². The molecule has 0 spiro atoms. The van der Waals surface area contributed by atoms with E-state index in [0.29, 0.717) is 13.2 Å². The molecular weight excluding hydrogens is 190 g/mol. The predicted molar refractivity (Wildman–Crippen MR) is 51.1 cm³/mol. The van der Waals surface area contributed by atoms with Crippen molar-refractivity contribution < 1.29 is 4.74 Å². The molecule has 0 aromatic carbocycles. The zero-order valence-corrected chi connectivity index (χ0v) is 8.16. The Labute approximate surface area is 81.9 Å². The summed E-state index contributed by atoms with van der Waals surface area (Å²) in [5, 5.41) is 3.27. The lowest BCUT2D eigenvalue weighted by Crippen LogP contribution is -2.29. The van der Waals surface area contributed by atoms with Gasteiger partial charge in [-0.05, 0) is 0 Å². The van der Waals surface area contributed by atoms with Gasteiger partial charge in [-0.1, -0.05) is 0 Å². The van der Waals surface area contributed by atoms with Crippen molar-refractivity contribution >= 4 is 17.5 Å². The molecule has 4 nitrogen and oxygen atoms in total. The van der Waals surface area contributed by atoms with E-state index in [1.807, 2.05) is 17.8 Å². The monoisotopic (exact) mass is 201 g/mol. The molecule has 0 saturated carbocycles. The summed E-state index contributed by atoms with van der Waals surface area (Å²) in [5.74, 6) is 0.834. The van der Waals surface area contributed by atoms with Gasteiger partial charge in [0.1, 0.15) is 0 Å². The molecule has 1 fully saturated rings. The smallest absolute Gasteiger partial charge is 0.202 e. The minimum absolute atomic E-state index is 0.0386. The molecule has 1 saturated heterocycles. The topological polar surface area (TPSA) is 39.1 Å². The molecule has 0 bridgehead atoms. The molecule has 1 aromatic rings. The first-order valence-electron chi connectivity index (χ1n) is 4.23. The number of aryl methyl sites for hydroxylation is 1. The summed E-state index contributed by atoms with van der Waals surface area (Å²) in [6, 6.07) is 0.169. The lowest BCUT2D eigenvalue weighted by atomic mass is 10.2. The molecule has 1 aliphatic heterocycles. The molecule has 2 unspecified atom stereocenters. The number of ether oxygens (including phenoxy) is 1. The van der Waals surface area contributed by atoms with Crippen molar-refractivity contribution in [3.8, 4) is 0 Å². The van der Waals surface area contributed by atoms with Gasteiger partial charge < -0.3 is 14.6 Å². The lowest BCUT2D eigenvalue weighted by Gasteiger charge is -2.14. The van der Waals surface area contributed by atoms with E-state index >= 15 is 0 Å². The fraction of sp³-hybridized carbons (Fsp3) is 0.625. The summed E-state index contributed by atoms with van der Waals surface area (Å²) in [5.41, 5.74) is 0. The van der Waals surface area contributed by atoms with Gasteiger partial charge in [0.15, 0.2) is 0 Å². The van der Waals surface area contributed by atoms with Gasteiger partial charge in [0, 0.05) is 19.4 Å². The molecule has 0 radical (unpaired) electrons. The van der Waals surface area contributed by atoms with Crippen LogP contribution in [0.5, 0.6) is 0 Å². The van der Waals surface area contributed by atoms with Crippen molar-refractivity contribution in [1.29, 1.82) is 0 Å². The highest BCUT2D eigenvalue weighted by atomic mass is 35.5. The van der Waals surface area contributed by atoms with E-state index < -0.39 is 0 Å². The normalized spacial score (nSPS) is 27.8. The maximum atomic E-state index is 6.02. The van der Waals surface area contributed by atoms with Gasteiger partial charge in [-0.15, -0.1) is 11.6 Å². The zero-order chi connectivity index (χ0) is 9.26. The van der Waals surface area contributed by atoms with Crippen LogP contribution in [0.25, 0.3) is 0 Å². The first-order chi connectivity index (χ1) is 6.27. The van der Waals surface area contributed by atoms with Gasteiger partial charge in [-0.25, -0.2) is 4.98 Å². The van der Waals surface area contributed by atoms with E-state index in [4.69, 9.17) is 16.3 Å². The van der Waals surface area contributed by atoms with Gasteiger partial charge in [0.2, 0.25) is 5.95 Å². The Hall–Kier alpha value is -0.740. The van der Waals surface area contributed by atoms with Gasteiger partial charge in [-0.3, -0.25) is 0 Å². The van der Waals surface area contributed by atoms with Crippen molar-refractivity contribution in [2.24, 2.45) is 7.05 Å². The van der Waals surface area contributed by atoms with E-state index in [0.717, 1.165) is 5.95 Å². The van der Waals surface area contributed by atoms with E-state index in [2.05, 4.69) is 10.3 Å².